The highest BCUT2D eigenvalue weighted by Gasteiger charge is 2.27. The molecule has 5 heteroatoms. The highest BCUT2D eigenvalue weighted by molar-refractivity contribution is 5.72. The number of ether oxygens (including phenoxy) is 1. The minimum atomic E-state index is -0.0510. The number of amides is 1. The van der Waals surface area contributed by atoms with Crippen molar-refractivity contribution in [3.63, 3.8) is 0 Å². The van der Waals surface area contributed by atoms with Gasteiger partial charge in [0.15, 0.2) is 0 Å². The number of pyridine rings is 1. The maximum atomic E-state index is 11.1. The van der Waals surface area contributed by atoms with Gasteiger partial charge in [0, 0.05) is 38.8 Å². The van der Waals surface area contributed by atoms with Crippen LogP contribution in [-0.4, -0.2) is 41.5 Å². The molecule has 2 aliphatic rings. The molecule has 2 atom stereocenters. The van der Waals surface area contributed by atoms with Crippen molar-refractivity contribution in [2.24, 2.45) is 5.92 Å². The van der Waals surface area contributed by atoms with Gasteiger partial charge >= 0.3 is 0 Å². The van der Waals surface area contributed by atoms with Crippen LogP contribution in [-0.2, 0) is 24.2 Å². The average Bonchev–Trinajstić information content (AvgIpc) is 3.13. The van der Waals surface area contributed by atoms with Crippen molar-refractivity contribution < 1.29 is 9.53 Å². The molecule has 1 aromatic heterocycles. The number of nitrogens with one attached hydrogen (secondary N) is 1. The van der Waals surface area contributed by atoms with Crippen LogP contribution in [0.2, 0.25) is 0 Å². The van der Waals surface area contributed by atoms with Crippen LogP contribution in [0.15, 0.2) is 42.6 Å². The summed E-state index contributed by atoms with van der Waals surface area (Å²) in [6.07, 6.45) is 6.74. The van der Waals surface area contributed by atoms with Crippen molar-refractivity contribution >= 4 is 5.91 Å². The maximum absolute atomic E-state index is 11.1. The molecular formula is C23H29N3O2. The Morgan fingerprint density at radius 2 is 2.11 bits per heavy atom. The van der Waals surface area contributed by atoms with E-state index in [1.165, 1.54) is 43.9 Å². The van der Waals surface area contributed by atoms with Crippen LogP contribution in [0.5, 0.6) is 5.75 Å². The monoisotopic (exact) mass is 379 g/mol. The second-order valence-electron chi connectivity index (χ2n) is 8.06. The van der Waals surface area contributed by atoms with Gasteiger partial charge in [-0.15, -0.1) is 0 Å². The number of aryl methyl sites for hydroxylation is 1. The molecule has 5 nitrogen and oxygen atoms in total. The van der Waals surface area contributed by atoms with E-state index in [4.69, 9.17) is 4.74 Å². The Balaban J connectivity index is 1.27. The van der Waals surface area contributed by atoms with Gasteiger partial charge in [-0.05, 0) is 48.8 Å². The topological polar surface area (TPSA) is 54.5 Å². The second kappa shape index (κ2) is 8.74. The van der Waals surface area contributed by atoms with E-state index in [0.29, 0.717) is 6.54 Å². The summed E-state index contributed by atoms with van der Waals surface area (Å²) in [5.74, 6) is 1.54. The van der Waals surface area contributed by atoms with E-state index in [0.717, 1.165) is 36.9 Å². The van der Waals surface area contributed by atoms with Crippen molar-refractivity contribution in [2.75, 3.05) is 19.6 Å². The average molecular weight is 380 g/mol. The Kier molecular flexibility index (Phi) is 5.91. The van der Waals surface area contributed by atoms with Crippen LogP contribution in [0.4, 0.5) is 0 Å². The molecule has 148 valence electrons. The fourth-order valence-corrected chi connectivity index (χ4v) is 4.39. The first-order valence-electron chi connectivity index (χ1n) is 10.3. The van der Waals surface area contributed by atoms with Gasteiger partial charge < -0.3 is 10.1 Å². The van der Waals surface area contributed by atoms with E-state index in [1.54, 1.807) is 6.20 Å². The summed E-state index contributed by atoms with van der Waals surface area (Å²) in [5.41, 5.74) is 3.90. The lowest BCUT2D eigenvalue weighted by Crippen LogP contribution is -2.32. The number of likely N-dealkylation sites (tertiary alicyclic amines) is 1. The number of hydrogen-bond donors (Lipinski definition) is 1. The Bertz CT molecular complexity index is 823. The molecule has 1 saturated heterocycles. The Morgan fingerprint density at radius 3 is 2.96 bits per heavy atom. The van der Waals surface area contributed by atoms with Gasteiger partial charge in [0.05, 0.1) is 12.2 Å². The molecule has 0 radical (unpaired) electrons. The normalized spacial score (nSPS) is 21.9. The Morgan fingerprint density at radius 1 is 1.25 bits per heavy atom. The third-order valence-electron chi connectivity index (χ3n) is 5.80. The zero-order valence-electron chi connectivity index (χ0n) is 16.6. The fraction of sp³-hybridized carbons (Fsp3) is 0.478. The van der Waals surface area contributed by atoms with Gasteiger partial charge in [0.25, 0.3) is 0 Å². The van der Waals surface area contributed by atoms with Crippen LogP contribution in [0.3, 0.4) is 0 Å². The smallest absolute Gasteiger partial charge is 0.217 e. The fourth-order valence-electron chi connectivity index (χ4n) is 4.39. The highest BCUT2D eigenvalue weighted by atomic mass is 16.5. The van der Waals surface area contributed by atoms with Crippen molar-refractivity contribution in [3.05, 3.63) is 59.4 Å². The highest BCUT2D eigenvalue weighted by Crippen LogP contribution is 2.27. The van der Waals surface area contributed by atoms with Crippen LogP contribution in [0, 0.1) is 5.92 Å². The number of rotatable bonds is 6. The van der Waals surface area contributed by atoms with Gasteiger partial charge in [0.1, 0.15) is 11.9 Å². The first-order chi connectivity index (χ1) is 13.7. The summed E-state index contributed by atoms with van der Waals surface area (Å²) in [6, 6.07) is 12.7. The molecule has 1 aliphatic carbocycles. The molecular weight excluding hydrogens is 350 g/mol. The molecule has 4 rings (SSSR count). The molecule has 1 aliphatic heterocycles. The zero-order chi connectivity index (χ0) is 19.3. The van der Waals surface area contributed by atoms with Gasteiger partial charge in [-0.1, -0.05) is 24.3 Å². The number of carbonyl (C=O) groups excluding carboxylic acids is 1. The molecule has 1 fully saturated rings. The Hall–Kier alpha value is -2.40. The van der Waals surface area contributed by atoms with Gasteiger partial charge in [0.2, 0.25) is 5.91 Å². The number of benzene rings is 1. The third kappa shape index (κ3) is 4.90. The van der Waals surface area contributed by atoms with E-state index >= 15 is 0 Å². The molecule has 0 bridgehead atoms. The maximum Gasteiger partial charge on any atom is 0.217 e. The second-order valence-corrected chi connectivity index (χ2v) is 8.06. The van der Waals surface area contributed by atoms with Crippen molar-refractivity contribution in [1.29, 1.82) is 0 Å². The molecule has 2 unspecified atom stereocenters. The van der Waals surface area contributed by atoms with E-state index < -0.39 is 0 Å². The zero-order valence-corrected chi connectivity index (χ0v) is 16.6. The SMILES string of the molecule is CC(=O)NCc1cc(OC2CCN(CC3CCc4ccccc4C3)C2)ccn1. The number of aromatic nitrogens is 1. The summed E-state index contributed by atoms with van der Waals surface area (Å²) in [6.45, 7) is 5.21. The largest absolute Gasteiger partial charge is 0.489 e. The van der Waals surface area contributed by atoms with E-state index in [9.17, 15) is 4.79 Å². The summed E-state index contributed by atoms with van der Waals surface area (Å²) >= 11 is 0. The lowest BCUT2D eigenvalue weighted by Gasteiger charge is -2.28. The van der Waals surface area contributed by atoms with Crippen molar-refractivity contribution in [1.82, 2.24) is 15.2 Å². The number of fused-ring (bicyclic) bond motifs is 1. The number of carbonyl (C=O) groups is 1. The molecule has 2 heterocycles. The lowest BCUT2D eigenvalue weighted by molar-refractivity contribution is -0.119. The van der Waals surface area contributed by atoms with E-state index in [1.807, 2.05) is 12.1 Å². The van der Waals surface area contributed by atoms with Gasteiger partial charge in [-0.25, -0.2) is 0 Å². The van der Waals surface area contributed by atoms with E-state index in [2.05, 4.69) is 39.5 Å². The summed E-state index contributed by atoms with van der Waals surface area (Å²) < 4.78 is 6.20. The van der Waals surface area contributed by atoms with Crippen LogP contribution in [0.1, 0.15) is 36.6 Å². The molecule has 2 aromatic rings. The predicted octanol–water partition coefficient (Wildman–Crippen LogP) is 2.98. The van der Waals surface area contributed by atoms with Crippen molar-refractivity contribution in [3.8, 4) is 5.75 Å². The molecule has 1 N–H and O–H groups in total. The molecule has 0 spiro atoms. The molecule has 1 amide bonds. The summed E-state index contributed by atoms with van der Waals surface area (Å²) in [7, 11) is 0. The molecule has 1 aromatic carbocycles. The first-order valence-corrected chi connectivity index (χ1v) is 10.3. The number of nitrogens with zero attached hydrogens (tertiary/aromatic N) is 2. The van der Waals surface area contributed by atoms with Gasteiger partial charge in [-0.3, -0.25) is 14.7 Å². The number of hydrogen-bond acceptors (Lipinski definition) is 4. The van der Waals surface area contributed by atoms with E-state index in [-0.39, 0.29) is 12.0 Å². The summed E-state index contributed by atoms with van der Waals surface area (Å²) in [5, 5.41) is 2.78. The third-order valence-corrected chi connectivity index (χ3v) is 5.80. The van der Waals surface area contributed by atoms with Crippen LogP contribution in [0.25, 0.3) is 0 Å². The standard InChI is InChI=1S/C23H29N3O2/c1-17(27)25-14-21-13-22(8-10-24-21)28-23-9-11-26(16-23)15-18-6-7-19-4-2-3-5-20(19)12-18/h2-5,8,10,13,18,23H,6-7,9,11-12,14-16H2,1H3,(H,25,27). The summed E-state index contributed by atoms with van der Waals surface area (Å²) in [4.78, 5) is 17.9. The minimum Gasteiger partial charge on any atom is -0.489 e. The van der Waals surface area contributed by atoms with Crippen molar-refractivity contribution in [2.45, 2.75) is 45.3 Å². The van der Waals surface area contributed by atoms with Gasteiger partial charge in [-0.2, -0.15) is 0 Å². The predicted molar refractivity (Wildman–Crippen MR) is 109 cm³/mol. The molecule has 28 heavy (non-hydrogen) atoms. The lowest BCUT2D eigenvalue weighted by atomic mass is 9.84. The first kappa shape index (κ1) is 18.9. The molecule has 0 saturated carbocycles. The van der Waals surface area contributed by atoms with Crippen LogP contribution >= 0.6 is 0 Å². The van der Waals surface area contributed by atoms with Crippen LogP contribution < -0.4 is 10.1 Å². The Labute approximate surface area is 167 Å². The quantitative estimate of drug-likeness (QED) is 0.838. The minimum absolute atomic E-state index is 0.0510.